The van der Waals surface area contributed by atoms with Gasteiger partial charge in [0.1, 0.15) is 0 Å². The van der Waals surface area contributed by atoms with Crippen molar-refractivity contribution in [3.63, 3.8) is 0 Å². The Morgan fingerprint density at radius 2 is 1.81 bits per heavy atom. The summed E-state index contributed by atoms with van der Waals surface area (Å²) in [5.41, 5.74) is -0.517. The molecule has 0 fully saturated rings. The first-order chi connectivity index (χ1) is 14.4. The van der Waals surface area contributed by atoms with E-state index in [-0.39, 0.29) is 22.1 Å². The zero-order valence-corrected chi connectivity index (χ0v) is 18.6. The van der Waals surface area contributed by atoms with Crippen LogP contribution in [0.25, 0.3) is 10.2 Å². The van der Waals surface area contributed by atoms with Gasteiger partial charge in [-0.15, -0.1) is 0 Å². The van der Waals surface area contributed by atoms with Crippen molar-refractivity contribution < 1.29 is 26.4 Å². The second-order valence-electron chi connectivity index (χ2n) is 7.24. The van der Waals surface area contributed by atoms with Crippen LogP contribution >= 0.6 is 11.3 Å². The second-order valence-corrected chi connectivity index (χ2v) is 10.3. The molecule has 31 heavy (non-hydrogen) atoms. The van der Waals surface area contributed by atoms with Crippen LogP contribution in [0.5, 0.6) is 0 Å². The maximum atomic E-state index is 13.2. The summed E-state index contributed by atoms with van der Waals surface area (Å²) < 4.78 is 63.5. The third kappa shape index (κ3) is 5.41. The van der Waals surface area contributed by atoms with Crippen LogP contribution in [0, 0.1) is 0 Å². The SMILES string of the molecule is CN(C)CCN(C(=O)c1cccc(C(F)(F)F)c1)c1nc2ccc(S(C)(=O)=O)cc2s1. The Kier molecular flexibility index (Phi) is 6.40. The first kappa shape index (κ1) is 23.2. The Morgan fingerprint density at radius 1 is 1.10 bits per heavy atom. The van der Waals surface area contributed by atoms with Gasteiger partial charge in [-0.25, -0.2) is 13.4 Å². The highest BCUT2D eigenvalue weighted by Crippen LogP contribution is 2.33. The minimum atomic E-state index is -4.57. The van der Waals surface area contributed by atoms with E-state index in [1.165, 1.54) is 29.2 Å². The minimum absolute atomic E-state index is 0.107. The van der Waals surface area contributed by atoms with Crippen molar-refractivity contribution in [2.24, 2.45) is 0 Å². The molecule has 3 rings (SSSR count). The van der Waals surface area contributed by atoms with Gasteiger partial charge in [-0.3, -0.25) is 9.69 Å². The molecule has 2 aromatic carbocycles. The van der Waals surface area contributed by atoms with Crippen LogP contribution in [0.2, 0.25) is 0 Å². The molecule has 1 aromatic heterocycles. The van der Waals surface area contributed by atoms with Crippen molar-refractivity contribution >= 4 is 42.4 Å². The van der Waals surface area contributed by atoms with Crippen LogP contribution in [-0.4, -0.2) is 57.6 Å². The number of thiazole rings is 1. The standard InChI is InChI=1S/C20H20F3N3O3S2/c1-25(2)9-10-26(18(27)13-5-4-6-14(11-13)20(21,22)23)19-24-16-8-7-15(31(3,28)29)12-17(16)30-19/h4-8,11-12H,9-10H2,1-3H3. The zero-order chi connectivity index (χ0) is 23.0. The van der Waals surface area contributed by atoms with Crippen LogP contribution < -0.4 is 4.90 Å². The van der Waals surface area contributed by atoms with E-state index in [0.29, 0.717) is 16.8 Å². The van der Waals surface area contributed by atoms with Gasteiger partial charge in [-0.2, -0.15) is 13.2 Å². The summed E-state index contributed by atoms with van der Waals surface area (Å²) in [5.74, 6) is -0.615. The van der Waals surface area contributed by atoms with E-state index in [9.17, 15) is 26.4 Å². The van der Waals surface area contributed by atoms with E-state index in [4.69, 9.17) is 0 Å². The number of carbonyl (C=O) groups is 1. The molecular weight excluding hydrogens is 451 g/mol. The van der Waals surface area contributed by atoms with Crippen LogP contribution in [0.3, 0.4) is 0 Å². The molecule has 1 heterocycles. The lowest BCUT2D eigenvalue weighted by Gasteiger charge is -2.22. The van der Waals surface area contributed by atoms with Crippen LogP contribution in [-0.2, 0) is 16.0 Å². The summed E-state index contributed by atoms with van der Waals surface area (Å²) in [4.78, 5) is 20.8. The molecule has 3 aromatic rings. The fourth-order valence-corrected chi connectivity index (χ4v) is 4.56. The van der Waals surface area contributed by atoms with Gasteiger partial charge in [0.05, 0.1) is 20.7 Å². The summed E-state index contributed by atoms with van der Waals surface area (Å²) in [5, 5.41) is 0.282. The number of amides is 1. The van der Waals surface area contributed by atoms with Gasteiger partial charge in [0.15, 0.2) is 15.0 Å². The predicted molar refractivity (Wildman–Crippen MR) is 114 cm³/mol. The van der Waals surface area contributed by atoms with E-state index >= 15 is 0 Å². The number of carbonyl (C=O) groups excluding carboxylic acids is 1. The molecule has 11 heteroatoms. The van der Waals surface area contributed by atoms with E-state index in [1.54, 1.807) is 6.07 Å². The average Bonchev–Trinajstić information content (AvgIpc) is 3.09. The van der Waals surface area contributed by atoms with Crippen molar-refractivity contribution in [3.05, 3.63) is 53.6 Å². The number of halogens is 3. The van der Waals surface area contributed by atoms with E-state index in [0.717, 1.165) is 29.7 Å². The lowest BCUT2D eigenvalue weighted by Crippen LogP contribution is -2.36. The monoisotopic (exact) mass is 471 g/mol. The Balaban J connectivity index is 2.04. The van der Waals surface area contributed by atoms with Gasteiger partial charge in [0.2, 0.25) is 0 Å². The lowest BCUT2D eigenvalue weighted by molar-refractivity contribution is -0.137. The number of alkyl halides is 3. The third-order valence-corrected chi connectivity index (χ3v) is 6.61. The number of hydrogen-bond acceptors (Lipinski definition) is 6. The molecule has 0 saturated heterocycles. The number of nitrogens with zero attached hydrogens (tertiary/aromatic N) is 3. The van der Waals surface area contributed by atoms with Crippen LogP contribution in [0.1, 0.15) is 15.9 Å². The molecule has 166 valence electrons. The summed E-state index contributed by atoms with van der Waals surface area (Å²) in [7, 11) is 0.199. The van der Waals surface area contributed by atoms with E-state index in [2.05, 4.69) is 4.98 Å². The molecule has 0 saturated carbocycles. The summed E-state index contributed by atoms with van der Waals surface area (Å²) >= 11 is 1.11. The summed E-state index contributed by atoms with van der Waals surface area (Å²) in [6.45, 7) is 0.649. The lowest BCUT2D eigenvalue weighted by atomic mass is 10.1. The van der Waals surface area contributed by atoms with Crippen molar-refractivity contribution in [2.75, 3.05) is 38.3 Å². The fraction of sp³-hybridized carbons (Fsp3) is 0.300. The third-order valence-electron chi connectivity index (χ3n) is 4.46. The molecule has 1 amide bonds. The normalized spacial score (nSPS) is 12.5. The quantitative estimate of drug-likeness (QED) is 0.545. The second kappa shape index (κ2) is 8.56. The largest absolute Gasteiger partial charge is 0.416 e. The van der Waals surface area contributed by atoms with Crippen molar-refractivity contribution in [1.82, 2.24) is 9.88 Å². The van der Waals surface area contributed by atoms with Gasteiger partial charge in [0, 0.05) is 24.9 Å². The highest BCUT2D eigenvalue weighted by Gasteiger charge is 2.32. The van der Waals surface area contributed by atoms with Crippen molar-refractivity contribution in [3.8, 4) is 0 Å². The van der Waals surface area contributed by atoms with Crippen LogP contribution in [0.4, 0.5) is 18.3 Å². The summed E-state index contributed by atoms with van der Waals surface area (Å²) in [6.07, 6.45) is -3.47. The smallest absolute Gasteiger partial charge is 0.308 e. The number of benzene rings is 2. The number of anilines is 1. The Labute approximate surface area is 181 Å². The van der Waals surface area contributed by atoms with E-state index < -0.39 is 27.5 Å². The Hall–Kier alpha value is -2.50. The van der Waals surface area contributed by atoms with Gasteiger partial charge in [-0.05, 0) is 50.5 Å². The molecule has 6 nitrogen and oxygen atoms in total. The number of likely N-dealkylation sites (N-methyl/N-ethyl adjacent to an activating group) is 1. The predicted octanol–water partition coefficient (Wildman–Crippen LogP) is 3.93. The Morgan fingerprint density at radius 3 is 2.42 bits per heavy atom. The summed E-state index contributed by atoms with van der Waals surface area (Å²) in [6, 6.07) is 8.70. The van der Waals surface area contributed by atoms with Gasteiger partial charge >= 0.3 is 6.18 Å². The highest BCUT2D eigenvalue weighted by molar-refractivity contribution is 7.90. The zero-order valence-electron chi connectivity index (χ0n) is 17.0. The van der Waals surface area contributed by atoms with Gasteiger partial charge in [-0.1, -0.05) is 17.4 Å². The maximum absolute atomic E-state index is 13.2. The first-order valence-corrected chi connectivity index (χ1v) is 11.8. The molecule has 0 atom stereocenters. The molecule has 0 N–H and O–H groups in total. The molecule has 0 aliphatic heterocycles. The topological polar surface area (TPSA) is 70.6 Å². The minimum Gasteiger partial charge on any atom is -0.308 e. The van der Waals surface area contributed by atoms with Gasteiger partial charge in [0.25, 0.3) is 5.91 Å². The highest BCUT2D eigenvalue weighted by atomic mass is 32.2. The van der Waals surface area contributed by atoms with E-state index in [1.807, 2.05) is 19.0 Å². The molecule has 0 unspecified atom stereocenters. The molecule has 0 aliphatic rings. The number of fused-ring (bicyclic) bond motifs is 1. The van der Waals surface area contributed by atoms with Crippen LogP contribution in [0.15, 0.2) is 47.4 Å². The number of hydrogen-bond donors (Lipinski definition) is 0. The van der Waals surface area contributed by atoms with Gasteiger partial charge < -0.3 is 4.90 Å². The fourth-order valence-electron chi connectivity index (χ4n) is 2.81. The van der Waals surface area contributed by atoms with Crippen molar-refractivity contribution in [1.29, 1.82) is 0 Å². The molecule has 0 bridgehead atoms. The maximum Gasteiger partial charge on any atom is 0.416 e. The number of rotatable bonds is 6. The number of aromatic nitrogens is 1. The average molecular weight is 472 g/mol. The molecule has 0 spiro atoms. The molecular formula is C20H20F3N3O3S2. The Bertz CT molecular complexity index is 1220. The number of sulfone groups is 1. The van der Waals surface area contributed by atoms with Crippen molar-refractivity contribution in [2.45, 2.75) is 11.1 Å². The first-order valence-electron chi connectivity index (χ1n) is 9.11. The molecule has 0 aliphatic carbocycles. The molecule has 0 radical (unpaired) electrons.